The smallest absolute Gasteiger partial charge is 0.227 e. The van der Waals surface area contributed by atoms with Crippen molar-refractivity contribution in [3.05, 3.63) is 29.5 Å². The van der Waals surface area contributed by atoms with Gasteiger partial charge in [0.15, 0.2) is 0 Å². The van der Waals surface area contributed by atoms with Crippen LogP contribution in [0, 0.1) is 12.8 Å². The normalized spacial score (nSPS) is 25.1. The van der Waals surface area contributed by atoms with Crippen LogP contribution in [0.25, 0.3) is 0 Å². The molecule has 6 rings (SSSR count). The van der Waals surface area contributed by atoms with E-state index in [2.05, 4.69) is 69.5 Å². The Morgan fingerprint density at radius 2 is 1.42 bits per heavy atom. The van der Waals surface area contributed by atoms with Gasteiger partial charge in [-0.1, -0.05) is 0 Å². The molecule has 38 heavy (non-hydrogen) atoms. The molecular weight excluding hydrogens is 474 g/mol. The Bertz CT molecular complexity index is 1090. The van der Waals surface area contributed by atoms with E-state index >= 15 is 0 Å². The van der Waals surface area contributed by atoms with E-state index in [1.54, 1.807) is 0 Å². The van der Waals surface area contributed by atoms with Crippen molar-refractivity contribution in [2.75, 3.05) is 86.9 Å². The molecule has 4 heterocycles. The Hall–Kier alpha value is -2.65. The molecule has 2 saturated heterocycles. The van der Waals surface area contributed by atoms with Gasteiger partial charge in [-0.25, -0.2) is 9.97 Å². The number of rotatable bonds is 8. The second-order valence-electron chi connectivity index (χ2n) is 12.1. The van der Waals surface area contributed by atoms with Gasteiger partial charge in [0.25, 0.3) is 0 Å². The van der Waals surface area contributed by atoms with Crippen molar-refractivity contribution in [3.8, 4) is 0 Å². The fourth-order valence-electron chi connectivity index (χ4n) is 5.95. The van der Waals surface area contributed by atoms with Gasteiger partial charge in [0.2, 0.25) is 5.95 Å². The number of nitrogens with one attached hydrogen (secondary N) is 2. The first kappa shape index (κ1) is 25.6. The summed E-state index contributed by atoms with van der Waals surface area (Å²) in [6.07, 6.45) is 7.22. The van der Waals surface area contributed by atoms with Gasteiger partial charge in [0.05, 0.1) is 0 Å². The summed E-state index contributed by atoms with van der Waals surface area (Å²) in [5.41, 5.74) is 2.44. The molecule has 0 bridgehead atoms. The first-order chi connectivity index (χ1) is 18.5. The molecule has 2 N–H and O–H groups in total. The number of aryl methyl sites for hydroxylation is 1. The third-order valence-electron chi connectivity index (χ3n) is 9.02. The highest BCUT2D eigenvalue weighted by Gasteiger charge is 2.32. The van der Waals surface area contributed by atoms with Crippen LogP contribution in [0.15, 0.2) is 18.2 Å². The summed E-state index contributed by atoms with van der Waals surface area (Å²) in [5, 5.41) is 7.49. The van der Waals surface area contributed by atoms with E-state index in [9.17, 15) is 0 Å². The monoisotopic (exact) mass is 519 g/mol. The van der Waals surface area contributed by atoms with Gasteiger partial charge < -0.3 is 30.2 Å². The number of hydrogen-bond acceptors (Lipinski definition) is 9. The molecule has 2 aromatic rings. The molecule has 0 amide bonds. The maximum absolute atomic E-state index is 5.09. The molecule has 9 heteroatoms. The highest BCUT2D eigenvalue weighted by Crippen LogP contribution is 2.34. The largest absolute Gasteiger partial charge is 0.367 e. The molecule has 0 aromatic carbocycles. The lowest BCUT2D eigenvalue weighted by atomic mass is 9.76. The second-order valence-corrected chi connectivity index (χ2v) is 12.1. The molecule has 4 fully saturated rings. The van der Waals surface area contributed by atoms with Gasteiger partial charge in [-0.05, 0) is 83.2 Å². The first-order valence-electron chi connectivity index (χ1n) is 14.8. The minimum atomic E-state index is 0.440. The minimum Gasteiger partial charge on any atom is -0.367 e. The van der Waals surface area contributed by atoms with Gasteiger partial charge in [-0.15, -0.1) is 0 Å². The van der Waals surface area contributed by atoms with Gasteiger partial charge >= 0.3 is 0 Å². The van der Waals surface area contributed by atoms with Crippen molar-refractivity contribution in [1.29, 1.82) is 0 Å². The summed E-state index contributed by atoms with van der Waals surface area (Å²) in [7, 11) is 4.39. The van der Waals surface area contributed by atoms with Crippen LogP contribution in [-0.4, -0.2) is 103 Å². The SMILES string of the molecule is Cc1cc(NC2CCC2Cc2cc(NC3CCC3)nc(N3CCN(C)CC3)n2)nc(N2CCN(C)CC2)c1. The Labute approximate surface area is 228 Å². The number of pyridine rings is 1. The van der Waals surface area contributed by atoms with E-state index in [1.165, 1.54) is 43.4 Å². The maximum Gasteiger partial charge on any atom is 0.227 e. The average Bonchev–Trinajstić information content (AvgIpc) is 2.88. The quantitative estimate of drug-likeness (QED) is 0.547. The maximum atomic E-state index is 5.09. The summed E-state index contributed by atoms with van der Waals surface area (Å²) in [6, 6.07) is 7.65. The number of hydrogen-bond donors (Lipinski definition) is 2. The van der Waals surface area contributed by atoms with Crippen molar-refractivity contribution in [2.45, 2.75) is 57.5 Å². The Kier molecular flexibility index (Phi) is 7.56. The average molecular weight is 520 g/mol. The molecular formula is C29H45N9. The van der Waals surface area contributed by atoms with E-state index in [0.29, 0.717) is 18.0 Å². The van der Waals surface area contributed by atoms with E-state index < -0.39 is 0 Å². The van der Waals surface area contributed by atoms with Crippen molar-refractivity contribution in [3.63, 3.8) is 0 Å². The van der Waals surface area contributed by atoms with Gasteiger partial charge in [0.1, 0.15) is 17.5 Å². The zero-order chi connectivity index (χ0) is 26.1. The molecule has 9 nitrogen and oxygen atoms in total. The van der Waals surface area contributed by atoms with Crippen LogP contribution in [0.4, 0.5) is 23.4 Å². The lowest BCUT2D eigenvalue weighted by Crippen LogP contribution is -2.45. The predicted molar refractivity (Wildman–Crippen MR) is 156 cm³/mol. The summed E-state index contributed by atoms with van der Waals surface area (Å²) in [4.78, 5) is 24.7. The zero-order valence-electron chi connectivity index (χ0n) is 23.5. The van der Waals surface area contributed by atoms with Gasteiger partial charge in [-0.3, -0.25) is 0 Å². The van der Waals surface area contributed by atoms with Crippen LogP contribution in [0.2, 0.25) is 0 Å². The van der Waals surface area contributed by atoms with Crippen molar-refractivity contribution < 1.29 is 0 Å². The number of likely N-dealkylation sites (N-methyl/N-ethyl adjacent to an activating group) is 2. The molecule has 2 unspecified atom stereocenters. The highest BCUT2D eigenvalue weighted by atomic mass is 15.3. The van der Waals surface area contributed by atoms with Crippen LogP contribution < -0.4 is 20.4 Å². The first-order valence-corrected chi connectivity index (χ1v) is 14.8. The molecule has 2 aliphatic heterocycles. The molecule has 0 spiro atoms. The summed E-state index contributed by atoms with van der Waals surface area (Å²) < 4.78 is 0. The van der Waals surface area contributed by atoms with Gasteiger partial charge in [0, 0.05) is 76.2 Å². The number of anilines is 4. The molecule has 2 atom stereocenters. The summed E-state index contributed by atoms with van der Waals surface area (Å²) in [6.45, 7) is 10.6. The molecule has 0 radical (unpaired) electrons. The molecule has 2 aromatic heterocycles. The van der Waals surface area contributed by atoms with Crippen LogP contribution in [0.5, 0.6) is 0 Å². The lowest BCUT2D eigenvalue weighted by molar-refractivity contribution is 0.273. The van der Waals surface area contributed by atoms with Crippen LogP contribution >= 0.6 is 0 Å². The van der Waals surface area contributed by atoms with Crippen LogP contribution in [0.3, 0.4) is 0 Å². The predicted octanol–water partition coefficient (Wildman–Crippen LogP) is 3.08. The van der Waals surface area contributed by atoms with Crippen molar-refractivity contribution >= 4 is 23.4 Å². The van der Waals surface area contributed by atoms with E-state index in [1.807, 2.05) is 0 Å². The molecule has 4 aliphatic rings. The fourth-order valence-corrected chi connectivity index (χ4v) is 5.95. The van der Waals surface area contributed by atoms with E-state index in [4.69, 9.17) is 15.0 Å². The Balaban J connectivity index is 1.14. The zero-order valence-corrected chi connectivity index (χ0v) is 23.5. The summed E-state index contributed by atoms with van der Waals surface area (Å²) in [5.74, 6) is 4.60. The van der Waals surface area contributed by atoms with E-state index in [0.717, 1.165) is 82.2 Å². The molecule has 2 saturated carbocycles. The van der Waals surface area contributed by atoms with Gasteiger partial charge in [-0.2, -0.15) is 4.98 Å². The fraction of sp³-hybridized carbons (Fsp3) is 0.690. The Morgan fingerprint density at radius 3 is 2.05 bits per heavy atom. The van der Waals surface area contributed by atoms with Crippen LogP contribution in [0.1, 0.15) is 43.4 Å². The molecule has 206 valence electrons. The summed E-state index contributed by atoms with van der Waals surface area (Å²) >= 11 is 0. The van der Waals surface area contributed by atoms with E-state index in [-0.39, 0.29) is 0 Å². The topological polar surface area (TPSA) is 75.7 Å². The van der Waals surface area contributed by atoms with Crippen molar-refractivity contribution in [2.24, 2.45) is 5.92 Å². The third-order valence-corrected chi connectivity index (χ3v) is 9.02. The number of piperazine rings is 2. The third kappa shape index (κ3) is 5.99. The molecule has 2 aliphatic carbocycles. The minimum absolute atomic E-state index is 0.440. The lowest BCUT2D eigenvalue weighted by Gasteiger charge is -2.38. The second kappa shape index (κ2) is 11.2. The number of aromatic nitrogens is 3. The van der Waals surface area contributed by atoms with Crippen LogP contribution in [-0.2, 0) is 6.42 Å². The highest BCUT2D eigenvalue weighted by molar-refractivity contribution is 5.51. The number of nitrogens with zero attached hydrogens (tertiary/aromatic N) is 7. The standard InChI is InChI=1S/C29H45N9/c1-21-17-26(33-28(18-21)37-13-9-35(2)10-14-37)32-25-8-7-22(25)19-24-20-27(30-23-5-4-6-23)34-29(31-24)38-15-11-36(3)12-16-38/h17-18,20,22-23,25H,4-16,19H2,1-3H3,(H,32,33)(H,30,31,34). The van der Waals surface area contributed by atoms with Crippen molar-refractivity contribution in [1.82, 2.24) is 24.8 Å². The Morgan fingerprint density at radius 1 is 0.737 bits per heavy atom.